The fraction of sp³-hybridized carbons (Fsp3) is 0.273. The zero-order valence-corrected chi connectivity index (χ0v) is 10.7. The topological polar surface area (TPSA) is 88.0 Å². The number of aliphatic carboxylic acids is 1. The van der Waals surface area contributed by atoms with Crippen molar-refractivity contribution in [3.63, 3.8) is 0 Å². The molecule has 0 fully saturated rings. The van der Waals surface area contributed by atoms with Crippen LogP contribution >= 0.6 is 11.3 Å². The highest BCUT2D eigenvalue weighted by Gasteiger charge is 2.32. The Labute approximate surface area is 108 Å². The monoisotopic (exact) mass is 264 g/mol. The summed E-state index contributed by atoms with van der Waals surface area (Å²) in [6, 6.07) is 0. The van der Waals surface area contributed by atoms with Gasteiger partial charge in [-0.05, 0) is 13.8 Å². The Morgan fingerprint density at radius 2 is 2.06 bits per heavy atom. The molecule has 0 saturated carbocycles. The van der Waals surface area contributed by atoms with E-state index in [-0.39, 0.29) is 0 Å². The maximum Gasteiger partial charge on any atom is 0.315 e. The van der Waals surface area contributed by atoms with Crippen molar-refractivity contribution >= 4 is 28.1 Å². The average Bonchev–Trinajstić information content (AvgIpc) is 2.79. The lowest BCUT2D eigenvalue weighted by Gasteiger charge is -2.15. The van der Waals surface area contributed by atoms with Gasteiger partial charge in [-0.15, -0.1) is 11.3 Å². The number of nitrogens with one attached hydrogen (secondary N) is 1. The fourth-order valence-corrected chi connectivity index (χ4v) is 2.11. The van der Waals surface area contributed by atoms with E-state index in [1.54, 1.807) is 31.6 Å². The van der Waals surface area contributed by atoms with Crippen LogP contribution in [-0.4, -0.2) is 26.0 Å². The van der Waals surface area contributed by atoms with Crippen molar-refractivity contribution in [3.8, 4) is 0 Å². The van der Waals surface area contributed by atoms with E-state index in [0.717, 1.165) is 0 Å². The van der Waals surface area contributed by atoms with Gasteiger partial charge in [-0.1, -0.05) is 0 Å². The summed E-state index contributed by atoms with van der Waals surface area (Å²) in [5.41, 5.74) is 0.245. The Morgan fingerprint density at radius 3 is 2.67 bits per heavy atom. The second kappa shape index (κ2) is 4.69. The van der Waals surface area contributed by atoms with Crippen LogP contribution in [-0.2, 0) is 10.2 Å². The van der Waals surface area contributed by atoms with Crippen LogP contribution in [0, 0.1) is 0 Å². The maximum atomic E-state index is 11.1. The third-order valence-corrected chi connectivity index (χ3v) is 3.25. The lowest BCUT2D eigenvalue weighted by Crippen LogP contribution is -2.28. The van der Waals surface area contributed by atoms with E-state index < -0.39 is 11.4 Å². The molecule has 7 heteroatoms. The summed E-state index contributed by atoms with van der Waals surface area (Å²) in [5.74, 6) is -0.901. The molecule has 2 aromatic rings. The minimum atomic E-state index is -0.996. The van der Waals surface area contributed by atoms with Gasteiger partial charge in [0.2, 0.25) is 0 Å². The zero-order valence-electron chi connectivity index (χ0n) is 9.91. The minimum absolute atomic E-state index is 0.527. The molecule has 0 aliphatic rings. The fourth-order valence-electron chi connectivity index (χ4n) is 1.21. The molecule has 2 rings (SSSR count). The maximum absolute atomic E-state index is 11.1. The van der Waals surface area contributed by atoms with E-state index in [2.05, 4.69) is 20.3 Å². The molecular formula is C11H12N4O2S. The van der Waals surface area contributed by atoms with E-state index in [1.807, 2.05) is 0 Å². The van der Waals surface area contributed by atoms with E-state index in [9.17, 15) is 4.79 Å². The van der Waals surface area contributed by atoms with Gasteiger partial charge in [0, 0.05) is 5.38 Å². The van der Waals surface area contributed by atoms with E-state index >= 15 is 0 Å². The van der Waals surface area contributed by atoms with Crippen LogP contribution in [0.2, 0.25) is 0 Å². The summed E-state index contributed by atoms with van der Waals surface area (Å²) in [6.07, 6.45) is 4.68. The Bertz CT molecular complexity index is 553. The van der Waals surface area contributed by atoms with E-state index in [0.29, 0.717) is 16.5 Å². The van der Waals surface area contributed by atoms with Crippen molar-refractivity contribution in [2.75, 3.05) is 5.32 Å². The Morgan fingerprint density at radius 1 is 1.39 bits per heavy atom. The van der Waals surface area contributed by atoms with Gasteiger partial charge in [0.15, 0.2) is 5.13 Å². The van der Waals surface area contributed by atoms with Crippen LogP contribution in [0.15, 0.2) is 24.1 Å². The Balaban J connectivity index is 2.19. The zero-order chi connectivity index (χ0) is 13.2. The van der Waals surface area contributed by atoms with Crippen molar-refractivity contribution in [2.45, 2.75) is 19.3 Å². The van der Waals surface area contributed by atoms with E-state index in [1.165, 1.54) is 17.7 Å². The number of carboxylic acids is 1. The molecule has 2 N–H and O–H groups in total. The molecule has 0 unspecified atom stereocenters. The summed E-state index contributed by atoms with van der Waals surface area (Å²) < 4.78 is 0. The summed E-state index contributed by atoms with van der Waals surface area (Å²) in [5, 5.41) is 14.5. The Kier molecular flexibility index (Phi) is 3.24. The molecule has 0 amide bonds. The lowest BCUT2D eigenvalue weighted by molar-refractivity contribution is -0.142. The second-order valence-corrected chi connectivity index (χ2v) is 5.08. The molecule has 18 heavy (non-hydrogen) atoms. The van der Waals surface area contributed by atoms with Crippen LogP contribution in [0.4, 0.5) is 10.8 Å². The summed E-state index contributed by atoms with van der Waals surface area (Å²) in [6.45, 7) is 3.25. The molecule has 0 spiro atoms. The smallest absolute Gasteiger partial charge is 0.315 e. The molecule has 0 radical (unpaired) electrons. The average molecular weight is 264 g/mol. The number of nitrogens with zero attached hydrogens (tertiary/aromatic N) is 3. The molecule has 2 heterocycles. The molecule has 0 saturated heterocycles. The van der Waals surface area contributed by atoms with Gasteiger partial charge in [0.05, 0.1) is 23.8 Å². The third kappa shape index (κ3) is 2.45. The van der Waals surface area contributed by atoms with Gasteiger partial charge in [-0.3, -0.25) is 4.79 Å². The molecule has 0 aromatic carbocycles. The minimum Gasteiger partial charge on any atom is -0.481 e. The normalized spacial score (nSPS) is 11.2. The number of hydrogen-bond donors (Lipinski definition) is 2. The van der Waals surface area contributed by atoms with Gasteiger partial charge in [-0.2, -0.15) is 0 Å². The number of anilines is 2. The standard InChI is InChI=1S/C11H12N4O2S/c1-11(2,9(16)17)8-5-18-10(15-8)14-7-3-12-6-13-4-7/h3-6H,1-2H3,(H,14,15)(H,16,17). The summed E-state index contributed by atoms with van der Waals surface area (Å²) >= 11 is 1.35. The van der Waals surface area contributed by atoms with Crippen molar-refractivity contribution in [1.29, 1.82) is 0 Å². The first-order chi connectivity index (χ1) is 8.50. The predicted molar refractivity (Wildman–Crippen MR) is 68.1 cm³/mol. The van der Waals surface area contributed by atoms with Gasteiger partial charge >= 0.3 is 5.97 Å². The number of thiazole rings is 1. The van der Waals surface area contributed by atoms with Crippen LogP contribution in [0.3, 0.4) is 0 Å². The molecule has 0 aliphatic carbocycles. The first-order valence-electron chi connectivity index (χ1n) is 5.21. The highest BCUT2D eigenvalue weighted by molar-refractivity contribution is 7.13. The van der Waals surface area contributed by atoms with Gasteiger partial charge in [0.1, 0.15) is 11.7 Å². The van der Waals surface area contributed by atoms with E-state index in [4.69, 9.17) is 5.11 Å². The molecule has 0 aliphatic heterocycles. The quantitative estimate of drug-likeness (QED) is 0.878. The van der Waals surface area contributed by atoms with Gasteiger partial charge in [0.25, 0.3) is 0 Å². The SMILES string of the molecule is CC(C)(C(=O)O)c1csc(Nc2cncnc2)n1. The highest BCUT2D eigenvalue weighted by atomic mass is 32.1. The second-order valence-electron chi connectivity index (χ2n) is 4.22. The van der Waals surface area contributed by atoms with Crippen LogP contribution < -0.4 is 5.32 Å². The summed E-state index contributed by atoms with van der Waals surface area (Å²) in [4.78, 5) is 23.1. The van der Waals surface area contributed by atoms with Gasteiger partial charge in [-0.25, -0.2) is 15.0 Å². The Hall–Kier alpha value is -2.02. The van der Waals surface area contributed by atoms with Gasteiger partial charge < -0.3 is 10.4 Å². The van der Waals surface area contributed by atoms with Crippen molar-refractivity contribution in [2.24, 2.45) is 0 Å². The highest BCUT2D eigenvalue weighted by Crippen LogP contribution is 2.28. The largest absolute Gasteiger partial charge is 0.481 e. The molecule has 2 aromatic heterocycles. The van der Waals surface area contributed by atoms with Crippen molar-refractivity contribution in [3.05, 3.63) is 29.8 Å². The third-order valence-electron chi connectivity index (χ3n) is 2.49. The van der Waals surface area contributed by atoms with Crippen LogP contribution in [0.1, 0.15) is 19.5 Å². The predicted octanol–water partition coefficient (Wildman–Crippen LogP) is 2.04. The number of carboxylic acid groups (broad SMARTS) is 1. The molecule has 0 atom stereocenters. The number of aromatic nitrogens is 3. The number of carbonyl (C=O) groups is 1. The summed E-state index contributed by atoms with van der Waals surface area (Å²) in [7, 11) is 0. The number of hydrogen-bond acceptors (Lipinski definition) is 6. The van der Waals surface area contributed by atoms with Crippen molar-refractivity contribution < 1.29 is 9.90 Å². The first kappa shape index (κ1) is 12.4. The molecule has 6 nitrogen and oxygen atoms in total. The first-order valence-corrected chi connectivity index (χ1v) is 6.09. The lowest BCUT2D eigenvalue weighted by atomic mass is 9.90. The number of rotatable bonds is 4. The van der Waals surface area contributed by atoms with Crippen LogP contribution in [0.5, 0.6) is 0 Å². The molecule has 0 bridgehead atoms. The molecular weight excluding hydrogens is 252 g/mol. The van der Waals surface area contributed by atoms with Crippen molar-refractivity contribution in [1.82, 2.24) is 15.0 Å². The van der Waals surface area contributed by atoms with Crippen LogP contribution in [0.25, 0.3) is 0 Å². The molecule has 94 valence electrons.